The molecule has 1 amide bonds. The van der Waals surface area contributed by atoms with E-state index in [4.69, 9.17) is 0 Å². The van der Waals surface area contributed by atoms with Crippen molar-refractivity contribution < 1.29 is 9.18 Å². The third-order valence-electron chi connectivity index (χ3n) is 4.75. The Hall–Kier alpha value is -1.42. The fourth-order valence-electron chi connectivity index (χ4n) is 3.37. The van der Waals surface area contributed by atoms with Crippen LogP contribution in [0.15, 0.2) is 24.3 Å². The average Bonchev–Trinajstić information content (AvgIpc) is 2.70. The molecule has 24 heavy (non-hydrogen) atoms. The van der Waals surface area contributed by atoms with Gasteiger partial charge in [-0.3, -0.25) is 9.69 Å². The molecule has 0 aliphatic carbocycles. The van der Waals surface area contributed by atoms with E-state index in [0.717, 1.165) is 38.2 Å². The molecule has 1 aliphatic rings. The number of amides is 1. The van der Waals surface area contributed by atoms with Crippen molar-refractivity contribution in [3.63, 3.8) is 0 Å². The fraction of sp³-hybridized carbons (Fsp3) is 0.650. The molecule has 0 saturated carbocycles. The minimum atomic E-state index is -0.340. The summed E-state index contributed by atoms with van der Waals surface area (Å²) in [5.74, 6) is 0.493. The molecule has 0 N–H and O–H groups in total. The lowest BCUT2D eigenvalue weighted by molar-refractivity contribution is -0.140. The van der Waals surface area contributed by atoms with Crippen LogP contribution in [0.25, 0.3) is 0 Å². The van der Waals surface area contributed by atoms with Crippen LogP contribution in [-0.2, 0) is 11.3 Å². The van der Waals surface area contributed by atoms with E-state index in [1.54, 1.807) is 0 Å². The molecular weight excluding hydrogens is 303 g/mol. The number of hydrogen-bond donors (Lipinski definition) is 0. The summed E-state index contributed by atoms with van der Waals surface area (Å²) in [5.41, 5.74) is 0.783. The molecule has 1 aliphatic heterocycles. The summed E-state index contributed by atoms with van der Waals surface area (Å²) in [5, 5.41) is 0. The van der Waals surface area contributed by atoms with Gasteiger partial charge in [-0.25, -0.2) is 4.39 Å². The third kappa shape index (κ3) is 4.79. The van der Waals surface area contributed by atoms with Gasteiger partial charge in [-0.2, -0.15) is 0 Å². The second-order valence-corrected chi connectivity index (χ2v) is 8.26. The molecular formula is C20H31FN2O. The van der Waals surface area contributed by atoms with Gasteiger partial charge in [0.05, 0.1) is 0 Å². The number of benzene rings is 1. The summed E-state index contributed by atoms with van der Waals surface area (Å²) < 4.78 is 13.1. The van der Waals surface area contributed by atoms with Crippen molar-refractivity contribution >= 4 is 5.91 Å². The van der Waals surface area contributed by atoms with Crippen LogP contribution in [0.3, 0.4) is 0 Å². The Morgan fingerprint density at radius 3 is 2.38 bits per heavy atom. The van der Waals surface area contributed by atoms with Gasteiger partial charge in [-0.15, -0.1) is 0 Å². The summed E-state index contributed by atoms with van der Waals surface area (Å²) in [7, 11) is 0. The molecule has 0 bridgehead atoms. The average molecular weight is 334 g/mol. The molecule has 1 atom stereocenters. The van der Waals surface area contributed by atoms with Gasteiger partial charge in [-0.05, 0) is 30.0 Å². The topological polar surface area (TPSA) is 23.6 Å². The van der Waals surface area contributed by atoms with Gasteiger partial charge >= 0.3 is 0 Å². The Labute approximate surface area is 145 Å². The molecule has 1 aromatic rings. The number of carbonyl (C=O) groups excluding carboxylic acids is 1. The van der Waals surface area contributed by atoms with Crippen LogP contribution in [0.2, 0.25) is 0 Å². The van der Waals surface area contributed by atoms with E-state index in [0.29, 0.717) is 12.0 Å². The monoisotopic (exact) mass is 334 g/mol. The van der Waals surface area contributed by atoms with Crippen molar-refractivity contribution in [1.82, 2.24) is 9.80 Å². The first kappa shape index (κ1) is 18.9. The van der Waals surface area contributed by atoms with Gasteiger partial charge < -0.3 is 4.90 Å². The van der Waals surface area contributed by atoms with Crippen molar-refractivity contribution in [3.05, 3.63) is 35.6 Å². The van der Waals surface area contributed by atoms with Gasteiger partial charge in [0.25, 0.3) is 0 Å². The minimum absolute atomic E-state index is 0.197. The highest BCUT2D eigenvalue weighted by atomic mass is 19.1. The lowest BCUT2D eigenvalue weighted by atomic mass is 9.93. The zero-order valence-corrected chi connectivity index (χ0v) is 15.7. The third-order valence-corrected chi connectivity index (χ3v) is 4.75. The maximum atomic E-state index is 13.1. The fourth-order valence-corrected chi connectivity index (χ4v) is 3.37. The van der Waals surface area contributed by atoms with E-state index in [1.165, 1.54) is 12.1 Å². The van der Waals surface area contributed by atoms with E-state index in [2.05, 4.69) is 18.7 Å². The molecule has 2 rings (SSSR count). The Morgan fingerprint density at radius 2 is 1.83 bits per heavy atom. The maximum Gasteiger partial charge on any atom is 0.228 e. The van der Waals surface area contributed by atoms with E-state index < -0.39 is 0 Å². The smallest absolute Gasteiger partial charge is 0.228 e. The van der Waals surface area contributed by atoms with Crippen LogP contribution in [0, 0.1) is 17.2 Å². The molecule has 1 fully saturated rings. The van der Waals surface area contributed by atoms with Gasteiger partial charge in [0.1, 0.15) is 5.82 Å². The molecule has 0 radical (unpaired) electrons. The highest BCUT2D eigenvalue weighted by Gasteiger charge is 2.33. The summed E-state index contributed by atoms with van der Waals surface area (Å²) in [6, 6.07) is 7.08. The largest absolute Gasteiger partial charge is 0.341 e. The van der Waals surface area contributed by atoms with Crippen LogP contribution in [-0.4, -0.2) is 41.4 Å². The van der Waals surface area contributed by atoms with Crippen molar-refractivity contribution in [2.24, 2.45) is 11.3 Å². The van der Waals surface area contributed by atoms with Gasteiger partial charge in [-0.1, -0.05) is 46.8 Å². The highest BCUT2D eigenvalue weighted by molar-refractivity contribution is 5.81. The summed E-state index contributed by atoms with van der Waals surface area (Å²) in [6.45, 7) is 13.8. The van der Waals surface area contributed by atoms with Gasteiger partial charge in [0.2, 0.25) is 5.91 Å². The van der Waals surface area contributed by atoms with Crippen molar-refractivity contribution in [3.8, 4) is 0 Å². The molecule has 1 unspecified atom stereocenters. The molecule has 1 heterocycles. The van der Waals surface area contributed by atoms with Crippen LogP contribution in [0.5, 0.6) is 0 Å². The van der Waals surface area contributed by atoms with Gasteiger partial charge in [0, 0.05) is 37.6 Å². The first-order valence-electron chi connectivity index (χ1n) is 8.96. The normalized spacial score (nSPS) is 20.3. The van der Waals surface area contributed by atoms with Crippen molar-refractivity contribution in [1.29, 1.82) is 0 Å². The molecule has 0 aromatic heterocycles. The van der Waals surface area contributed by atoms with Crippen LogP contribution < -0.4 is 0 Å². The number of rotatable bonds is 3. The Morgan fingerprint density at radius 1 is 1.21 bits per heavy atom. The van der Waals surface area contributed by atoms with Crippen molar-refractivity contribution in [2.75, 3.05) is 19.6 Å². The Kier molecular flexibility index (Phi) is 6.02. The molecule has 3 nitrogen and oxygen atoms in total. The summed E-state index contributed by atoms with van der Waals surface area (Å²) in [6.07, 6.45) is 0.978. The first-order valence-corrected chi connectivity index (χ1v) is 8.96. The second kappa shape index (κ2) is 7.64. The SMILES string of the molecule is CC(C)C1CN(C(=O)C(C)(C)C)CCCN1Cc1ccc(F)cc1. The van der Waals surface area contributed by atoms with Crippen LogP contribution in [0.1, 0.15) is 46.6 Å². The van der Waals surface area contributed by atoms with E-state index >= 15 is 0 Å². The minimum Gasteiger partial charge on any atom is -0.341 e. The predicted molar refractivity (Wildman–Crippen MR) is 96.1 cm³/mol. The summed E-state index contributed by atoms with van der Waals surface area (Å²) >= 11 is 0. The van der Waals surface area contributed by atoms with E-state index in [9.17, 15) is 9.18 Å². The lowest BCUT2D eigenvalue weighted by Crippen LogP contribution is -2.48. The predicted octanol–water partition coefficient (Wildman–Crippen LogP) is 3.93. The molecule has 1 saturated heterocycles. The van der Waals surface area contributed by atoms with E-state index in [1.807, 2.05) is 37.8 Å². The standard InChI is InChI=1S/C20H31FN2O/c1-15(2)18-14-23(19(24)20(3,4)5)12-6-11-22(18)13-16-7-9-17(21)10-8-16/h7-10,15,18H,6,11-14H2,1-5H3. The second-order valence-electron chi connectivity index (χ2n) is 8.26. The molecule has 4 heteroatoms. The maximum absolute atomic E-state index is 13.1. The molecule has 1 aromatic carbocycles. The van der Waals surface area contributed by atoms with Crippen molar-refractivity contribution in [2.45, 2.75) is 53.6 Å². The number of nitrogens with zero attached hydrogens (tertiary/aromatic N) is 2. The first-order chi connectivity index (χ1) is 11.2. The van der Waals surface area contributed by atoms with Crippen LogP contribution in [0.4, 0.5) is 4.39 Å². The quantitative estimate of drug-likeness (QED) is 0.836. The number of carbonyl (C=O) groups is 1. The zero-order chi connectivity index (χ0) is 17.9. The van der Waals surface area contributed by atoms with Gasteiger partial charge in [0.15, 0.2) is 0 Å². The highest BCUT2D eigenvalue weighted by Crippen LogP contribution is 2.24. The van der Waals surface area contributed by atoms with Crippen LogP contribution >= 0.6 is 0 Å². The zero-order valence-electron chi connectivity index (χ0n) is 15.7. The molecule has 0 spiro atoms. The summed E-state index contributed by atoms with van der Waals surface area (Å²) in [4.78, 5) is 17.2. The number of halogens is 1. The lowest BCUT2D eigenvalue weighted by Gasteiger charge is -2.36. The molecule has 134 valence electrons. The Bertz CT molecular complexity index is 548. The Balaban J connectivity index is 2.14. The van der Waals surface area contributed by atoms with E-state index in [-0.39, 0.29) is 17.1 Å². The number of hydrogen-bond acceptors (Lipinski definition) is 2.